The fourth-order valence-electron chi connectivity index (χ4n) is 2.81. The van der Waals surface area contributed by atoms with Gasteiger partial charge in [0.2, 0.25) is 0 Å². The van der Waals surface area contributed by atoms with Crippen molar-refractivity contribution in [2.45, 2.75) is 45.7 Å². The van der Waals surface area contributed by atoms with E-state index in [0.29, 0.717) is 6.04 Å². The van der Waals surface area contributed by atoms with E-state index in [1.807, 2.05) is 0 Å². The molecule has 1 fully saturated rings. The first-order valence-corrected chi connectivity index (χ1v) is 7.17. The van der Waals surface area contributed by atoms with Crippen molar-refractivity contribution >= 4 is 0 Å². The molecule has 1 heterocycles. The zero-order valence-corrected chi connectivity index (χ0v) is 12.4. The van der Waals surface area contributed by atoms with Gasteiger partial charge in [-0.1, -0.05) is 13.8 Å². The van der Waals surface area contributed by atoms with Crippen LogP contribution in [-0.4, -0.2) is 62.2 Å². The molecule has 0 bridgehead atoms. The van der Waals surface area contributed by atoms with Crippen molar-refractivity contribution in [2.75, 3.05) is 40.3 Å². The Morgan fingerprint density at radius 2 is 2.00 bits per heavy atom. The lowest BCUT2D eigenvalue weighted by atomic mass is 10.1. The van der Waals surface area contributed by atoms with E-state index < -0.39 is 0 Å². The molecule has 0 aromatic rings. The number of nitrogens with zero attached hydrogens (tertiary/aromatic N) is 2. The van der Waals surface area contributed by atoms with Gasteiger partial charge in [-0.15, -0.1) is 0 Å². The Labute approximate surface area is 108 Å². The lowest BCUT2D eigenvalue weighted by Gasteiger charge is -2.26. The summed E-state index contributed by atoms with van der Waals surface area (Å²) in [5, 5.41) is 3.50. The molecule has 102 valence electrons. The van der Waals surface area contributed by atoms with Gasteiger partial charge in [-0.25, -0.2) is 0 Å². The third-order valence-electron chi connectivity index (χ3n) is 4.05. The number of hydrogen-bond donors (Lipinski definition) is 1. The van der Waals surface area contributed by atoms with E-state index in [1.54, 1.807) is 0 Å². The first-order chi connectivity index (χ1) is 8.06. The zero-order chi connectivity index (χ0) is 12.8. The molecule has 1 rings (SSSR count). The minimum Gasteiger partial charge on any atom is -0.317 e. The molecule has 0 saturated carbocycles. The molecule has 1 N–H and O–H groups in total. The van der Waals surface area contributed by atoms with Crippen LogP contribution in [0.2, 0.25) is 0 Å². The topological polar surface area (TPSA) is 18.5 Å². The van der Waals surface area contributed by atoms with Crippen LogP contribution in [0.5, 0.6) is 0 Å². The summed E-state index contributed by atoms with van der Waals surface area (Å²) in [6.07, 6.45) is 2.50. The summed E-state index contributed by atoms with van der Waals surface area (Å²) >= 11 is 0. The zero-order valence-electron chi connectivity index (χ0n) is 12.4. The molecule has 1 saturated heterocycles. The van der Waals surface area contributed by atoms with Crippen LogP contribution < -0.4 is 5.32 Å². The van der Waals surface area contributed by atoms with Crippen molar-refractivity contribution < 1.29 is 0 Å². The lowest BCUT2D eigenvalue weighted by molar-refractivity contribution is 0.217. The second-order valence-corrected chi connectivity index (χ2v) is 5.85. The minimum absolute atomic E-state index is 0.715. The highest BCUT2D eigenvalue weighted by molar-refractivity contribution is 4.88. The van der Waals surface area contributed by atoms with Crippen LogP contribution in [-0.2, 0) is 0 Å². The smallest absolute Gasteiger partial charge is 0.0254 e. The third kappa shape index (κ3) is 4.57. The number of nitrogens with one attached hydrogen (secondary N) is 1. The summed E-state index contributed by atoms with van der Waals surface area (Å²) in [5.74, 6) is 0.802. The van der Waals surface area contributed by atoms with Crippen molar-refractivity contribution in [3.63, 3.8) is 0 Å². The molecule has 3 atom stereocenters. The molecular weight excluding hydrogens is 210 g/mol. The molecule has 3 heteroatoms. The van der Waals surface area contributed by atoms with E-state index >= 15 is 0 Å². The summed E-state index contributed by atoms with van der Waals surface area (Å²) in [7, 11) is 4.41. The van der Waals surface area contributed by atoms with Gasteiger partial charge in [0.25, 0.3) is 0 Å². The normalized spacial score (nSPS) is 27.9. The fraction of sp³-hybridized carbons (Fsp3) is 1.00. The lowest BCUT2D eigenvalue weighted by Crippen LogP contribution is -2.37. The van der Waals surface area contributed by atoms with E-state index in [0.717, 1.165) is 25.0 Å². The van der Waals surface area contributed by atoms with E-state index in [4.69, 9.17) is 0 Å². The molecule has 0 radical (unpaired) electrons. The number of rotatable bonds is 7. The predicted octanol–water partition coefficient (Wildman–Crippen LogP) is 1.65. The second kappa shape index (κ2) is 7.34. The Hall–Kier alpha value is -0.120. The highest BCUT2D eigenvalue weighted by atomic mass is 15.3. The van der Waals surface area contributed by atoms with Gasteiger partial charge < -0.3 is 10.2 Å². The Bertz CT molecular complexity index is 206. The van der Waals surface area contributed by atoms with Crippen LogP contribution in [0.4, 0.5) is 0 Å². The Morgan fingerprint density at radius 3 is 2.53 bits per heavy atom. The van der Waals surface area contributed by atoms with Crippen LogP contribution >= 0.6 is 0 Å². The molecule has 17 heavy (non-hydrogen) atoms. The van der Waals surface area contributed by atoms with E-state index in [1.165, 1.54) is 25.9 Å². The summed E-state index contributed by atoms with van der Waals surface area (Å²) < 4.78 is 0. The molecule has 1 aliphatic rings. The number of hydrogen-bond acceptors (Lipinski definition) is 3. The Kier molecular flexibility index (Phi) is 6.45. The number of likely N-dealkylation sites (N-methyl/N-ethyl adjacent to an activating group) is 1. The monoisotopic (exact) mass is 241 g/mol. The molecule has 3 unspecified atom stereocenters. The van der Waals surface area contributed by atoms with E-state index in [-0.39, 0.29) is 0 Å². The highest BCUT2D eigenvalue weighted by Crippen LogP contribution is 2.22. The van der Waals surface area contributed by atoms with E-state index in [9.17, 15) is 0 Å². The van der Waals surface area contributed by atoms with Crippen LogP contribution in [0.25, 0.3) is 0 Å². The average Bonchev–Trinajstić information content (AvgIpc) is 2.66. The number of likely N-dealkylation sites (tertiary alicyclic amines) is 1. The van der Waals surface area contributed by atoms with Gasteiger partial charge in [-0.3, -0.25) is 4.90 Å². The maximum absolute atomic E-state index is 3.50. The van der Waals surface area contributed by atoms with Crippen molar-refractivity contribution in [1.29, 1.82) is 0 Å². The maximum atomic E-state index is 3.50. The molecule has 0 aromatic carbocycles. The Balaban J connectivity index is 2.26. The molecule has 0 aliphatic carbocycles. The van der Waals surface area contributed by atoms with Gasteiger partial charge in [0.05, 0.1) is 0 Å². The standard InChI is InChI=1S/C14H31N3/c1-6-8-15-9-7-13(3)17-10-12(2)14(11-17)16(4)5/h12-15H,6-11H2,1-5H3. The summed E-state index contributed by atoms with van der Waals surface area (Å²) in [4.78, 5) is 5.04. The van der Waals surface area contributed by atoms with Crippen LogP contribution in [0.15, 0.2) is 0 Å². The van der Waals surface area contributed by atoms with Gasteiger partial charge in [-0.2, -0.15) is 0 Å². The van der Waals surface area contributed by atoms with Crippen LogP contribution in [0.1, 0.15) is 33.6 Å². The first kappa shape index (κ1) is 14.9. The van der Waals surface area contributed by atoms with Crippen molar-refractivity contribution in [2.24, 2.45) is 5.92 Å². The Morgan fingerprint density at radius 1 is 1.29 bits per heavy atom. The van der Waals surface area contributed by atoms with Gasteiger partial charge >= 0.3 is 0 Å². The van der Waals surface area contributed by atoms with Gasteiger partial charge in [0.15, 0.2) is 0 Å². The third-order valence-corrected chi connectivity index (χ3v) is 4.05. The molecular formula is C14H31N3. The van der Waals surface area contributed by atoms with Crippen molar-refractivity contribution in [3.05, 3.63) is 0 Å². The van der Waals surface area contributed by atoms with E-state index in [2.05, 4.69) is 50.0 Å². The largest absolute Gasteiger partial charge is 0.317 e. The molecule has 0 aromatic heterocycles. The van der Waals surface area contributed by atoms with Gasteiger partial charge in [0, 0.05) is 25.2 Å². The second-order valence-electron chi connectivity index (χ2n) is 5.85. The summed E-state index contributed by atoms with van der Waals surface area (Å²) in [6.45, 7) is 11.8. The molecule has 1 aliphatic heterocycles. The van der Waals surface area contributed by atoms with Gasteiger partial charge in [0.1, 0.15) is 0 Å². The van der Waals surface area contributed by atoms with Crippen molar-refractivity contribution in [1.82, 2.24) is 15.1 Å². The van der Waals surface area contributed by atoms with Crippen LogP contribution in [0, 0.1) is 5.92 Å². The predicted molar refractivity (Wildman–Crippen MR) is 75.5 cm³/mol. The molecule has 0 spiro atoms. The summed E-state index contributed by atoms with van der Waals surface area (Å²) in [5.41, 5.74) is 0. The maximum Gasteiger partial charge on any atom is 0.0254 e. The highest BCUT2D eigenvalue weighted by Gasteiger charge is 2.32. The first-order valence-electron chi connectivity index (χ1n) is 7.17. The molecule has 3 nitrogen and oxygen atoms in total. The minimum atomic E-state index is 0.715. The average molecular weight is 241 g/mol. The summed E-state index contributed by atoms with van der Waals surface area (Å²) in [6, 6.07) is 1.45. The van der Waals surface area contributed by atoms with Crippen LogP contribution in [0.3, 0.4) is 0 Å². The van der Waals surface area contributed by atoms with Gasteiger partial charge in [-0.05, 0) is 52.9 Å². The molecule has 0 amide bonds. The quantitative estimate of drug-likeness (QED) is 0.684. The SMILES string of the molecule is CCCNCCC(C)N1CC(C)C(N(C)C)C1. The van der Waals surface area contributed by atoms with Crippen molar-refractivity contribution in [3.8, 4) is 0 Å². The fourth-order valence-corrected chi connectivity index (χ4v) is 2.81.